The summed E-state index contributed by atoms with van der Waals surface area (Å²) >= 11 is 9.79. The van der Waals surface area contributed by atoms with E-state index in [1.54, 1.807) is 0 Å². The molecule has 1 aliphatic heterocycles. The molecule has 0 spiro atoms. The number of halogens is 2. The van der Waals surface area contributed by atoms with Gasteiger partial charge in [0, 0.05) is 23.3 Å². The number of aromatic nitrogens is 1. The molecule has 0 unspecified atom stereocenters. The van der Waals surface area contributed by atoms with E-state index in [0.29, 0.717) is 6.04 Å². The van der Waals surface area contributed by atoms with E-state index in [4.69, 9.17) is 11.6 Å². The third kappa shape index (κ3) is 3.41. The van der Waals surface area contributed by atoms with Crippen LogP contribution in [0.4, 0.5) is 5.82 Å². The number of hydrogen-bond donors (Lipinski definition) is 1. The fourth-order valence-electron chi connectivity index (χ4n) is 2.76. The summed E-state index contributed by atoms with van der Waals surface area (Å²) < 4.78 is 0.943. The first-order valence-corrected chi connectivity index (χ1v) is 8.19. The second kappa shape index (κ2) is 5.98. The summed E-state index contributed by atoms with van der Waals surface area (Å²) in [5.74, 6) is 1.73. The van der Waals surface area contributed by atoms with Crippen molar-refractivity contribution in [3.63, 3.8) is 0 Å². The van der Waals surface area contributed by atoms with Crippen LogP contribution in [0.25, 0.3) is 0 Å². The largest absolute Gasteiger partial charge is 0.352 e. The Morgan fingerprint density at radius 1 is 1.32 bits per heavy atom. The van der Waals surface area contributed by atoms with Crippen LogP contribution in [0.15, 0.2) is 16.7 Å². The van der Waals surface area contributed by atoms with Gasteiger partial charge in [0.25, 0.3) is 0 Å². The van der Waals surface area contributed by atoms with Crippen LogP contribution in [0.2, 0.25) is 5.02 Å². The van der Waals surface area contributed by atoms with E-state index in [9.17, 15) is 0 Å². The Balaban J connectivity index is 1.76. The van der Waals surface area contributed by atoms with Gasteiger partial charge >= 0.3 is 0 Å². The van der Waals surface area contributed by atoms with Gasteiger partial charge < -0.3 is 10.2 Å². The van der Waals surface area contributed by atoms with Crippen molar-refractivity contribution in [3.05, 3.63) is 21.8 Å². The number of pyridine rings is 1. The fourth-order valence-corrected chi connectivity index (χ4v) is 3.49. The standard InChI is InChI=1S/C14H19BrClN3/c15-11-7-13(16)14(18-8-11)19(12-1-2-12)9-10-3-5-17-6-4-10/h7-8,10,12,17H,1-6,9H2. The minimum Gasteiger partial charge on any atom is -0.352 e. The van der Waals surface area contributed by atoms with Crippen LogP contribution in [-0.2, 0) is 0 Å². The molecule has 1 aromatic heterocycles. The minimum atomic E-state index is 0.654. The number of anilines is 1. The monoisotopic (exact) mass is 343 g/mol. The quantitative estimate of drug-likeness (QED) is 0.906. The third-order valence-electron chi connectivity index (χ3n) is 3.96. The van der Waals surface area contributed by atoms with Crippen molar-refractivity contribution in [2.75, 3.05) is 24.5 Å². The summed E-state index contributed by atoms with van der Waals surface area (Å²) in [6.45, 7) is 3.38. The molecule has 5 heteroatoms. The number of nitrogens with zero attached hydrogens (tertiary/aromatic N) is 2. The lowest BCUT2D eigenvalue weighted by Crippen LogP contribution is -2.37. The van der Waals surface area contributed by atoms with Crippen molar-refractivity contribution >= 4 is 33.3 Å². The van der Waals surface area contributed by atoms with Gasteiger partial charge in [-0.1, -0.05) is 11.6 Å². The van der Waals surface area contributed by atoms with Gasteiger partial charge in [-0.3, -0.25) is 0 Å². The van der Waals surface area contributed by atoms with Gasteiger partial charge in [0.15, 0.2) is 0 Å². The molecule has 0 bridgehead atoms. The lowest BCUT2D eigenvalue weighted by molar-refractivity contribution is 0.372. The highest BCUT2D eigenvalue weighted by molar-refractivity contribution is 9.10. The Morgan fingerprint density at radius 2 is 2.05 bits per heavy atom. The van der Waals surface area contributed by atoms with Crippen molar-refractivity contribution in [1.82, 2.24) is 10.3 Å². The Bertz CT molecular complexity index is 444. The van der Waals surface area contributed by atoms with Gasteiger partial charge in [0.1, 0.15) is 5.82 Å². The van der Waals surface area contributed by atoms with Gasteiger partial charge in [-0.25, -0.2) is 4.98 Å². The zero-order chi connectivity index (χ0) is 13.2. The normalized spacial score (nSPS) is 20.5. The Hall–Kier alpha value is -0.320. The lowest BCUT2D eigenvalue weighted by atomic mass is 9.97. The summed E-state index contributed by atoms with van der Waals surface area (Å²) in [5, 5.41) is 4.18. The second-order valence-corrected chi connectivity index (χ2v) is 6.86. The average Bonchev–Trinajstić information content (AvgIpc) is 3.22. The van der Waals surface area contributed by atoms with Crippen LogP contribution in [0, 0.1) is 5.92 Å². The van der Waals surface area contributed by atoms with Crippen LogP contribution >= 0.6 is 27.5 Å². The van der Waals surface area contributed by atoms with E-state index < -0.39 is 0 Å². The van der Waals surface area contributed by atoms with E-state index >= 15 is 0 Å². The summed E-state index contributed by atoms with van der Waals surface area (Å²) in [4.78, 5) is 6.97. The molecule has 1 N–H and O–H groups in total. The molecule has 2 fully saturated rings. The summed E-state index contributed by atoms with van der Waals surface area (Å²) in [7, 11) is 0. The zero-order valence-corrected chi connectivity index (χ0v) is 13.3. The molecule has 1 aliphatic carbocycles. The summed E-state index contributed by atoms with van der Waals surface area (Å²) in [6, 6.07) is 2.60. The minimum absolute atomic E-state index is 0.654. The maximum Gasteiger partial charge on any atom is 0.147 e. The molecule has 2 aliphatic rings. The van der Waals surface area contributed by atoms with E-state index in [2.05, 4.69) is 31.1 Å². The van der Waals surface area contributed by atoms with Crippen LogP contribution in [0.3, 0.4) is 0 Å². The molecule has 2 heterocycles. The molecule has 0 amide bonds. The number of hydrogen-bond acceptors (Lipinski definition) is 3. The highest BCUT2D eigenvalue weighted by atomic mass is 79.9. The molecule has 19 heavy (non-hydrogen) atoms. The first-order chi connectivity index (χ1) is 9.24. The summed E-state index contributed by atoms with van der Waals surface area (Å²) in [6.07, 6.45) is 6.92. The predicted molar refractivity (Wildman–Crippen MR) is 82.9 cm³/mol. The molecule has 3 rings (SSSR count). The molecule has 1 saturated heterocycles. The molecule has 104 valence electrons. The topological polar surface area (TPSA) is 28.2 Å². The van der Waals surface area contributed by atoms with Crippen LogP contribution in [0.5, 0.6) is 0 Å². The van der Waals surface area contributed by atoms with Crippen LogP contribution in [0.1, 0.15) is 25.7 Å². The molecule has 0 radical (unpaired) electrons. The highest BCUT2D eigenvalue weighted by Crippen LogP contribution is 2.36. The average molecular weight is 345 g/mol. The van der Waals surface area contributed by atoms with Crippen LogP contribution < -0.4 is 10.2 Å². The van der Waals surface area contributed by atoms with Gasteiger partial charge in [-0.05, 0) is 66.7 Å². The molecule has 0 aromatic carbocycles. The lowest BCUT2D eigenvalue weighted by Gasteiger charge is -2.31. The van der Waals surface area contributed by atoms with Gasteiger partial charge in [0.2, 0.25) is 0 Å². The van der Waals surface area contributed by atoms with Crippen molar-refractivity contribution in [3.8, 4) is 0 Å². The maximum absolute atomic E-state index is 6.37. The molecule has 1 saturated carbocycles. The van der Waals surface area contributed by atoms with E-state index in [1.807, 2.05) is 12.3 Å². The van der Waals surface area contributed by atoms with Gasteiger partial charge in [-0.15, -0.1) is 0 Å². The molecule has 3 nitrogen and oxygen atoms in total. The smallest absolute Gasteiger partial charge is 0.147 e. The zero-order valence-electron chi connectivity index (χ0n) is 10.9. The van der Waals surface area contributed by atoms with E-state index in [-0.39, 0.29) is 0 Å². The molecular formula is C14H19BrClN3. The first-order valence-electron chi connectivity index (χ1n) is 7.02. The van der Waals surface area contributed by atoms with Crippen LogP contribution in [-0.4, -0.2) is 30.7 Å². The van der Waals surface area contributed by atoms with Crippen molar-refractivity contribution in [1.29, 1.82) is 0 Å². The van der Waals surface area contributed by atoms with Crippen molar-refractivity contribution in [2.24, 2.45) is 5.92 Å². The Morgan fingerprint density at radius 3 is 2.68 bits per heavy atom. The molecule has 0 atom stereocenters. The Kier molecular flexibility index (Phi) is 4.30. The predicted octanol–water partition coefficient (Wildman–Crippen LogP) is 3.47. The Labute approximate surface area is 127 Å². The van der Waals surface area contributed by atoms with Gasteiger partial charge in [-0.2, -0.15) is 0 Å². The number of piperidine rings is 1. The maximum atomic E-state index is 6.37. The third-order valence-corrected chi connectivity index (χ3v) is 4.67. The SMILES string of the molecule is Clc1cc(Br)cnc1N(CC1CCNCC1)C1CC1. The highest BCUT2D eigenvalue weighted by Gasteiger charge is 2.33. The second-order valence-electron chi connectivity index (χ2n) is 5.54. The molecule has 1 aromatic rings. The fraction of sp³-hybridized carbons (Fsp3) is 0.643. The van der Waals surface area contributed by atoms with E-state index in [0.717, 1.165) is 40.9 Å². The number of nitrogens with one attached hydrogen (secondary N) is 1. The van der Waals surface area contributed by atoms with Crippen molar-refractivity contribution < 1.29 is 0 Å². The van der Waals surface area contributed by atoms with E-state index in [1.165, 1.54) is 25.7 Å². The summed E-state index contributed by atoms with van der Waals surface area (Å²) in [5.41, 5.74) is 0. The first kappa shape index (κ1) is 13.7. The van der Waals surface area contributed by atoms with Crippen molar-refractivity contribution in [2.45, 2.75) is 31.7 Å². The number of rotatable bonds is 4. The van der Waals surface area contributed by atoms with Gasteiger partial charge in [0.05, 0.1) is 5.02 Å². The molecular weight excluding hydrogens is 326 g/mol.